The maximum absolute atomic E-state index is 12.6. The Morgan fingerprint density at radius 3 is 2.17 bits per heavy atom. The van der Waals surface area contributed by atoms with Crippen LogP contribution in [0.2, 0.25) is 0 Å². The highest BCUT2D eigenvalue weighted by atomic mass is 16.2. The fourth-order valence-corrected chi connectivity index (χ4v) is 3.22. The van der Waals surface area contributed by atoms with Crippen LogP contribution in [0.4, 0.5) is 11.4 Å². The smallest absolute Gasteiger partial charge is 0.227 e. The van der Waals surface area contributed by atoms with Crippen LogP contribution in [0.1, 0.15) is 32.6 Å². The highest BCUT2D eigenvalue weighted by Gasteiger charge is 2.16. The van der Waals surface area contributed by atoms with Crippen molar-refractivity contribution in [1.82, 2.24) is 5.32 Å². The third kappa shape index (κ3) is 7.59. The molecule has 0 fully saturated rings. The molecule has 2 aromatic carbocycles. The van der Waals surface area contributed by atoms with E-state index in [1.165, 1.54) is 5.69 Å². The highest BCUT2D eigenvalue weighted by molar-refractivity contribution is 5.95. The molecule has 0 unspecified atom stereocenters. The molecule has 30 heavy (non-hydrogen) atoms. The summed E-state index contributed by atoms with van der Waals surface area (Å²) in [5, 5.41) is 11.8. The number of hydrogen-bond donors (Lipinski definition) is 1. The number of rotatable bonds is 12. The van der Waals surface area contributed by atoms with E-state index < -0.39 is 0 Å². The number of hydrogen-bond acceptors (Lipinski definition) is 4. The molecule has 0 aliphatic carbocycles. The van der Waals surface area contributed by atoms with Crippen LogP contribution >= 0.6 is 0 Å². The topological polar surface area (TPSA) is 76.4 Å². The van der Waals surface area contributed by atoms with Crippen LogP contribution in [0.5, 0.6) is 0 Å². The van der Waals surface area contributed by atoms with E-state index in [-0.39, 0.29) is 31.1 Å². The van der Waals surface area contributed by atoms with E-state index >= 15 is 0 Å². The summed E-state index contributed by atoms with van der Waals surface area (Å²) in [5.41, 5.74) is 1.93. The number of nitrogens with zero attached hydrogens (tertiary/aromatic N) is 3. The molecule has 2 aromatic rings. The molecule has 0 heterocycles. The molecule has 2 rings (SSSR count). The van der Waals surface area contributed by atoms with Gasteiger partial charge in [-0.05, 0) is 37.6 Å². The molecule has 158 valence electrons. The number of para-hydroxylation sites is 2. The second-order valence-corrected chi connectivity index (χ2v) is 6.91. The van der Waals surface area contributed by atoms with Crippen LogP contribution in [-0.2, 0) is 9.59 Å². The van der Waals surface area contributed by atoms with Gasteiger partial charge in [-0.3, -0.25) is 9.59 Å². The van der Waals surface area contributed by atoms with Crippen molar-refractivity contribution in [3.8, 4) is 6.07 Å². The van der Waals surface area contributed by atoms with E-state index in [1.807, 2.05) is 48.5 Å². The van der Waals surface area contributed by atoms with Crippen LogP contribution in [0.25, 0.3) is 0 Å². The number of amides is 2. The summed E-state index contributed by atoms with van der Waals surface area (Å²) < 4.78 is 0. The highest BCUT2D eigenvalue weighted by Crippen LogP contribution is 2.16. The number of nitriles is 1. The van der Waals surface area contributed by atoms with Crippen molar-refractivity contribution >= 4 is 23.2 Å². The van der Waals surface area contributed by atoms with Gasteiger partial charge >= 0.3 is 0 Å². The molecule has 6 nitrogen and oxygen atoms in total. The molecule has 0 aromatic heterocycles. The van der Waals surface area contributed by atoms with Crippen molar-refractivity contribution in [3.05, 3.63) is 60.7 Å². The minimum atomic E-state index is -0.146. The minimum absolute atomic E-state index is 0.122. The Morgan fingerprint density at radius 2 is 1.57 bits per heavy atom. The van der Waals surface area contributed by atoms with Crippen molar-refractivity contribution in [2.45, 2.75) is 32.6 Å². The number of carbonyl (C=O) groups is 2. The first kappa shape index (κ1) is 23.0. The molecule has 0 bridgehead atoms. The van der Waals surface area contributed by atoms with Gasteiger partial charge in [0.2, 0.25) is 11.8 Å². The van der Waals surface area contributed by atoms with Crippen molar-refractivity contribution < 1.29 is 9.59 Å². The number of nitrogens with one attached hydrogen (secondary N) is 1. The lowest BCUT2D eigenvalue weighted by atomic mass is 10.2. The van der Waals surface area contributed by atoms with Crippen LogP contribution in [0, 0.1) is 11.3 Å². The Bertz CT molecular complexity index is 818. The Labute approximate surface area is 179 Å². The quantitative estimate of drug-likeness (QED) is 0.545. The second kappa shape index (κ2) is 13.0. The Morgan fingerprint density at radius 1 is 0.933 bits per heavy atom. The lowest BCUT2D eigenvalue weighted by molar-refractivity contribution is -0.125. The molecule has 0 aliphatic heterocycles. The standard InChI is InChI=1S/C24H30N4O2/c1-2-27(21-11-5-3-6-12-21)19-10-18-26-23(29)15-16-24(30)28(20-9-17-25)22-13-7-4-8-14-22/h3-8,11-14H,2,9-10,15-16,18-20H2,1H3,(H,26,29). The molecular weight excluding hydrogens is 376 g/mol. The molecule has 6 heteroatoms. The maximum atomic E-state index is 12.6. The van der Waals surface area contributed by atoms with Gasteiger partial charge in [0.25, 0.3) is 0 Å². The van der Waals surface area contributed by atoms with Crippen molar-refractivity contribution in [2.24, 2.45) is 0 Å². The maximum Gasteiger partial charge on any atom is 0.227 e. The summed E-state index contributed by atoms with van der Waals surface area (Å²) in [6.07, 6.45) is 1.35. The van der Waals surface area contributed by atoms with E-state index in [2.05, 4.69) is 35.3 Å². The zero-order chi connectivity index (χ0) is 21.6. The van der Waals surface area contributed by atoms with Gasteiger partial charge in [0.1, 0.15) is 0 Å². The zero-order valence-electron chi connectivity index (χ0n) is 17.6. The Kier molecular flexibility index (Phi) is 9.94. The molecule has 0 saturated carbocycles. The first-order valence-corrected chi connectivity index (χ1v) is 10.4. The summed E-state index contributed by atoms with van der Waals surface area (Å²) in [5.74, 6) is -0.271. The normalized spacial score (nSPS) is 10.1. The number of benzene rings is 2. The summed E-state index contributed by atoms with van der Waals surface area (Å²) >= 11 is 0. The van der Waals surface area contributed by atoms with E-state index in [4.69, 9.17) is 5.26 Å². The van der Waals surface area contributed by atoms with E-state index in [9.17, 15) is 9.59 Å². The van der Waals surface area contributed by atoms with Gasteiger partial charge in [0.05, 0.1) is 12.5 Å². The number of anilines is 2. The van der Waals surface area contributed by atoms with Crippen molar-refractivity contribution in [2.75, 3.05) is 36.0 Å². The Balaban J connectivity index is 1.73. The lowest BCUT2D eigenvalue weighted by Crippen LogP contribution is -2.34. The largest absolute Gasteiger partial charge is 0.372 e. The summed E-state index contributed by atoms with van der Waals surface area (Å²) in [4.78, 5) is 28.6. The molecule has 0 saturated heterocycles. The van der Waals surface area contributed by atoms with Gasteiger partial charge in [-0.1, -0.05) is 36.4 Å². The summed E-state index contributed by atoms with van der Waals surface area (Å²) in [6.45, 7) is 4.78. The Hall–Kier alpha value is -3.33. The molecule has 1 N–H and O–H groups in total. The van der Waals surface area contributed by atoms with Crippen molar-refractivity contribution in [1.29, 1.82) is 5.26 Å². The SMILES string of the molecule is CCN(CCCNC(=O)CCC(=O)N(CCC#N)c1ccccc1)c1ccccc1. The molecular formula is C24H30N4O2. The minimum Gasteiger partial charge on any atom is -0.372 e. The lowest BCUT2D eigenvalue weighted by Gasteiger charge is -2.23. The van der Waals surface area contributed by atoms with Gasteiger partial charge in [0, 0.05) is 50.4 Å². The van der Waals surface area contributed by atoms with Crippen LogP contribution in [0.15, 0.2) is 60.7 Å². The van der Waals surface area contributed by atoms with E-state index in [1.54, 1.807) is 4.90 Å². The van der Waals surface area contributed by atoms with Crippen LogP contribution in [-0.4, -0.2) is 38.0 Å². The first-order valence-electron chi connectivity index (χ1n) is 10.4. The van der Waals surface area contributed by atoms with Gasteiger partial charge in [-0.15, -0.1) is 0 Å². The molecule has 0 spiro atoms. The average molecular weight is 407 g/mol. The summed E-state index contributed by atoms with van der Waals surface area (Å²) in [6, 6.07) is 21.5. The average Bonchev–Trinajstić information content (AvgIpc) is 2.79. The van der Waals surface area contributed by atoms with Crippen LogP contribution in [0.3, 0.4) is 0 Å². The third-order valence-corrected chi connectivity index (χ3v) is 4.81. The second-order valence-electron chi connectivity index (χ2n) is 6.91. The summed E-state index contributed by atoms with van der Waals surface area (Å²) in [7, 11) is 0. The molecule has 2 amide bonds. The third-order valence-electron chi connectivity index (χ3n) is 4.81. The number of carbonyl (C=O) groups excluding carboxylic acids is 2. The predicted octanol–water partition coefficient (Wildman–Crippen LogP) is 3.75. The van der Waals surface area contributed by atoms with Crippen molar-refractivity contribution in [3.63, 3.8) is 0 Å². The van der Waals surface area contributed by atoms with E-state index in [0.29, 0.717) is 13.1 Å². The molecule has 0 atom stereocenters. The van der Waals surface area contributed by atoms with Gasteiger partial charge in [-0.25, -0.2) is 0 Å². The van der Waals surface area contributed by atoms with Gasteiger partial charge in [-0.2, -0.15) is 5.26 Å². The predicted molar refractivity (Wildman–Crippen MR) is 120 cm³/mol. The fraction of sp³-hybridized carbons (Fsp3) is 0.375. The van der Waals surface area contributed by atoms with Gasteiger partial charge < -0.3 is 15.1 Å². The van der Waals surface area contributed by atoms with E-state index in [0.717, 1.165) is 25.2 Å². The first-order chi connectivity index (χ1) is 14.7. The molecule has 0 aliphatic rings. The monoisotopic (exact) mass is 406 g/mol. The zero-order valence-corrected chi connectivity index (χ0v) is 17.6. The molecule has 0 radical (unpaired) electrons. The fourth-order valence-electron chi connectivity index (χ4n) is 3.22. The van der Waals surface area contributed by atoms with Gasteiger partial charge in [0.15, 0.2) is 0 Å². The van der Waals surface area contributed by atoms with Crippen LogP contribution < -0.4 is 15.1 Å².